The topological polar surface area (TPSA) is 100 Å². The number of fused-ring (bicyclic) bond motifs is 4. The summed E-state index contributed by atoms with van der Waals surface area (Å²) in [6, 6.07) is 6.16. The van der Waals surface area contributed by atoms with Crippen LogP contribution < -0.4 is 4.90 Å². The third-order valence-corrected chi connectivity index (χ3v) is 6.67. The van der Waals surface area contributed by atoms with Gasteiger partial charge in [-0.05, 0) is 31.9 Å². The molecule has 3 aromatic heterocycles. The van der Waals surface area contributed by atoms with Crippen LogP contribution in [0.5, 0.6) is 0 Å². The maximum Gasteiger partial charge on any atom is 0.328 e. The highest BCUT2D eigenvalue weighted by Crippen LogP contribution is 2.33. The third kappa shape index (κ3) is 3.51. The molecule has 0 amide bonds. The Bertz CT molecular complexity index is 1420. The molecular weight excluding hydrogens is 460 g/mol. The van der Waals surface area contributed by atoms with Gasteiger partial charge in [-0.15, -0.1) is 0 Å². The van der Waals surface area contributed by atoms with Crippen molar-refractivity contribution in [3.63, 3.8) is 0 Å². The van der Waals surface area contributed by atoms with Crippen LogP contribution in [-0.2, 0) is 14.3 Å². The lowest BCUT2D eigenvalue weighted by Crippen LogP contribution is -2.43. The van der Waals surface area contributed by atoms with Gasteiger partial charge >= 0.3 is 5.97 Å². The van der Waals surface area contributed by atoms with E-state index in [1.54, 1.807) is 35.8 Å². The molecule has 2 fully saturated rings. The van der Waals surface area contributed by atoms with Gasteiger partial charge in [0.2, 0.25) is 5.95 Å². The summed E-state index contributed by atoms with van der Waals surface area (Å²) in [5.74, 6) is -0.361. The highest BCUT2D eigenvalue weighted by Gasteiger charge is 2.36. The maximum absolute atomic E-state index is 14.2. The van der Waals surface area contributed by atoms with Crippen LogP contribution in [0.4, 0.5) is 14.7 Å². The summed E-state index contributed by atoms with van der Waals surface area (Å²) < 4.78 is 42.1. The van der Waals surface area contributed by atoms with Gasteiger partial charge in [-0.2, -0.15) is 9.97 Å². The van der Waals surface area contributed by atoms with Crippen LogP contribution in [0.25, 0.3) is 28.0 Å². The van der Waals surface area contributed by atoms with E-state index < -0.39 is 24.3 Å². The Hall–Kier alpha value is -3.67. The number of methoxy groups -OCH3 is 1. The smallest absolute Gasteiger partial charge is 0.328 e. The van der Waals surface area contributed by atoms with E-state index in [4.69, 9.17) is 19.4 Å². The number of halogens is 2. The molecule has 10 nitrogen and oxygen atoms in total. The van der Waals surface area contributed by atoms with Crippen molar-refractivity contribution in [3.8, 4) is 5.82 Å². The van der Waals surface area contributed by atoms with Crippen LogP contribution in [0.1, 0.15) is 38.1 Å². The molecule has 6 rings (SSSR count). The number of morpholine rings is 1. The van der Waals surface area contributed by atoms with E-state index in [-0.39, 0.29) is 23.5 Å². The van der Waals surface area contributed by atoms with E-state index in [0.29, 0.717) is 35.7 Å². The number of benzene rings is 1. The van der Waals surface area contributed by atoms with Gasteiger partial charge in [-0.25, -0.2) is 23.5 Å². The highest BCUT2D eigenvalue weighted by molar-refractivity contribution is 5.87. The molecule has 0 spiro atoms. The molecule has 2 aliphatic heterocycles. The molecule has 0 saturated carbocycles. The Morgan fingerprint density at radius 3 is 2.60 bits per heavy atom. The average Bonchev–Trinajstić information content (AvgIpc) is 3.56. The van der Waals surface area contributed by atoms with Gasteiger partial charge in [-0.1, -0.05) is 12.1 Å². The molecule has 2 saturated heterocycles. The van der Waals surface area contributed by atoms with Crippen molar-refractivity contribution < 1.29 is 23.0 Å². The zero-order chi connectivity index (χ0) is 24.3. The number of carbonyl (C=O) groups excluding carboxylic acids is 1. The number of nitrogens with zero attached hydrogens (tertiary/aromatic N) is 7. The largest absolute Gasteiger partial charge is 0.467 e. The van der Waals surface area contributed by atoms with E-state index in [1.165, 1.54) is 18.0 Å². The predicted octanol–water partition coefficient (Wildman–Crippen LogP) is 3.20. The van der Waals surface area contributed by atoms with Crippen LogP contribution in [-0.4, -0.2) is 67.4 Å². The number of hydrogen-bond acceptors (Lipinski definition) is 8. The molecule has 3 unspecified atom stereocenters. The Morgan fingerprint density at radius 1 is 1.14 bits per heavy atom. The summed E-state index contributed by atoms with van der Waals surface area (Å²) in [5, 5.41) is 0. The summed E-state index contributed by atoms with van der Waals surface area (Å²) in [6.45, 7) is 2.85. The number of rotatable bonds is 5. The number of hydrogen-bond donors (Lipinski definition) is 0. The first-order valence-corrected chi connectivity index (χ1v) is 11.4. The fourth-order valence-corrected chi connectivity index (χ4v) is 4.95. The van der Waals surface area contributed by atoms with Crippen LogP contribution in [0.2, 0.25) is 0 Å². The molecule has 2 aliphatic rings. The SMILES string of the molecule is COC(=O)C(C)n1cnc2c(-n3c(C(F)F)nc4ccccc43)nc(N3CC4CCC(C3)O4)nc21. The van der Waals surface area contributed by atoms with Gasteiger partial charge < -0.3 is 18.9 Å². The molecule has 182 valence electrons. The lowest BCUT2D eigenvalue weighted by Gasteiger charge is -2.32. The van der Waals surface area contributed by atoms with Gasteiger partial charge in [0, 0.05) is 13.1 Å². The average molecular weight is 483 g/mol. The lowest BCUT2D eigenvalue weighted by atomic mass is 10.2. The van der Waals surface area contributed by atoms with Crippen molar-refractivity contribution >= 4 is 34.1 Å². The number of anilines is 1. The summed E-state index contributed by atoms with van der Waals surface area (Å²) in [7, 11) is 1.31. The van der Waals surface area contributed by atoms with E-state index in [1.807, 2.05) is 4.90 Å². The van der Waals surface area contributed by atoms with E-state index in [2.05, 4.69) is 9.97 Å². The minimum atomic E-state index is -2.84. The second-order valence-electron chi connectivity index (χ2n) is 8.83. The third-order valence-electron chi connectivity index (χ3n) is 6.67. The minimum Gasteiger partial charge on any atom is -0.467 e. The quantitative estimate of drug-likeness (QED) is 0.399. The molecule has 1 aromatic carbocycles. The first-order chi connectivity index (χ1) is 16.9. The second kappa shape index (κ2) is 8.22. The Labute approximate surface area is 198 Å². The maximum atomic E-state index is 14.2. The van der Waals surface area contributed by atoms with Gasteiger partial charge in [-0.3, -0.25) is 4.57 Å². The fourth-order valence-electron chi connectivity index (χ4n) is 4.95. The molecule has 0 N–H and O–H groups in total. The van der Waals surface area contributed by atoms with Crippen molar-refractivity contribution in [2.24, 2.45) is 0 Å². The second-order valence-corrected chi connectivity index (χ2v) is 8.83. The molecule has 0 aliphatic carbocycles. The summed E-state index contributed by atoms with van der Waals surface area (Å²) >= 11 is 0. The molecule has 5 heterocycles. The number of ether oxygens (including phenoxy) is 2. The first kappa shape index (κ1) is 21.8. The zero-order valence-corrected chi connectivity index (χ0v) is 19.1. The number of aromatic nitrogens is 6. The molecule has 12 heteroatoms. The monoisotopic (exact) mass is 483 g/mol. The highest BCUT2D eigenvalue weighted by atomic mass is 19.3. The Kier molecular flexibility index (Phi) is 5.13. The van der Waals surface area contributed by atoms with Crippen molar-refractivity contribution in [3.05, 3.63) is 36.4 Å². The van der Waals surface area contributed by atoms with E-state index in [0.717, 1.165) is 12.8 Å². The van der Waals surface area contributed by atoms with E-state index in [9.17, 15) is 13.6 Å². The standard InChI is InChI=1S/C23H23F2N7O3/c1-12(22(33)34-2)31-11-26-17-19(31)28-23(30-9-13-7-8-14(10-30)35-13)29-20(17)32-16-6-4-3-5-15(16)27-21(32)18(24)25/h3-6,11-14,18H,7-10H2,1-2H3. The zero-order valence-electron chi connectivity index (χ0n) is 19.1. The van der Waals surface area contributed by atoms with Gasteiger partial charge in [0.25, 0.3) is 6.43 Å². The summed E-state index contributed by atoms with van der Waals surface area (Å²) in [4.78, 5) is 32.4. The molecular formula is C23H23F2N7O3. The Balaban J connectivity index is 1.61. The number of carbonyl (C=O) groups is 1. The lowest BCUT2D eigenvalue weighted by molar-refractivity contribution is -0.143. The van der Waals surface area contributed by atoms with Crippen LogP contribution in [0.3, 0.4) is 0 Å². The molecule has 3 atom stereocenters. The fraction of sp³-hybridized carbons (Fsp3) is 0.435. The van der Waals surface area contributed by atoms with Gasteiger partial charge in [0.15, 0.2) is 22.8 Å². The molecule has 4 aromatic rings. The number of para-hydroxylation sites is 2. The van der Waals surface area contributed by atoms with Crippen molar-refractivity contribution in [2.45, 2.75) is 44.4 Å². The number of alkyl halides is 2. The van der Waals surface area contributed by atoms with Crippen molar-refractivity contribution in [1.82, 2.24) is 29.1 Å². The van der Waals surface area contributed by atoms with Crippen LogP contribution in [0, 0.1) is 0 Å². The van der Waals surface area contributed by atoms with Crippen LogP contribution in [0.15, 0.2) is 30.6 Å². The first-order valence-electron chi connectivity index (χ1n) is 11.4. The summed E-state index contributed by atoms with van der Waals surface area (Å²) in [6.07, 6.45) is 0.663. The number of imidazole rings is 2. The normalized spacial score (nSPS) is 20.8. The molecule has 35 heavy (non-hydrogen) atoms. The van der Waals surface area contributed by atoms with Crippen LogP contribution >= 0.6 is 0 Å². The number of esters is 1. The predicted molar refractivity (Wildman–Crippen MR) is 122 cm³/mol. The van der Waals surface area contributed by atoms with E-state index >= 15 is 0 Å². The van der Waals surface area contributed by atoms with Crippen molar-refractivity contribution in [1.29, 1.82) is 0 Å². The van der Waals surface area contributed by atoms with Gasteiger partial charge in [0.05, 0.1) is 36.7 Å². The Morgan fingerprint density at radius 2 is 1.89 bits per heavy atom. The molecule has 0 radical (unpaired) electrons. The summed E-state index contributed by atoms with van der Waals surface area (Å²) in [5.41, 5.74) is 1.53. The molecule has 2 bridgehead atoms. The van der Waals surface area contributed by atoms with Gasteiger partial charge in [0.1, 0.15) is 6.04 Å². The van der Waals surface area contributed by atoms with Crippen molar-refractivity contribution in [2.75, 3.05) is 25.1 Å². The minimum absolute atomic E-state index is 0.0705.